The number of aromatic nitrogens is 1. The van der Waals surface area contributed by atoms with Gasteiger partial charge in [0.2, 0.25) is 5.91 Å². The summed E-state index contributed by atoms with van der Waals surface area (Å²) in [5.74, 6) is -0.615. The molecule has 32 heavy (non-hydrogen) atoms. The van der Waals surface area contributed by atoms with Gasteiger partial charge in [-0.3, -0.25) is 9.69 Å². The number of nitrogens with zero attached hydrogens (tertiary/aromatic N) is 2. The quantitative estimate of drug-likeness (QED) is 0.263. The van der Waals surface area contributed by atoms with Gasteiger partial charge in [0.05, 0.1) is 16.9 Å². The number of amides is 1. The summed E-state index contributed by atoms with van der Waals surface area (Å²) in [6.07, 6.45) is -1.92. The number of esters is 1. The molecule has 3 aromatic rings. The maximum absolute atomic E-state index is 13.1. The first-order chi connectivity index (χ1) is 15.1. The van der Waals surface area contributed by atoms with E-state index in [-0.39, 0.29) is 10.8 Å². The van der Waals surface area contributed by atoms with E-state index in [4.69, 9.17) is 4.74 Å². The zero-order valence-electron chi connectivity index (χ0n) is 17.4. The van der Waals surface area contributed by atoms with E-state index in [9.17, 15) is 22.8 Å². The SMILES string of the molecule is CC(=O)N(c1cccc(C(F)(F)F)c1)c1nc(/C=C/C(=O)Oc2c(C)cccc2C)cs1. The fourth-order valence-corrected chi connectivity index (χ4v) is 3.81. The van der Waals surface area contributed by atoms with E-state index < -0.39 is 23.6 Å². The summed E-state index contributed by atoms with van der Waals surface area (Å²) in [5.41, 5.74) is 1.18. The summed E-state index contributed by atoms with van der Waals surface area (Å²) in [5, 5.41) is 1.77. The van der Waals surface area contributed by atoms with Gasteiger partial charge in [-0.05, 0) is 49.2 Å². The lowest BCUT2D eigenvalue weighted by Crippen LogP contribution is -2.23. The van der Waals surface area contributed by atoms with Crippen molar-refractivity contribution in [2.75, 3.05) is 4.90 Å². The first kappa shape index (κ1) is 23.2. The molecule has 0 unspecified atom stereocenters. The summed E-state index contributed by atoms with van der Waals surface area (Å²) >= 11 is 1.06. The fraction of sp³-hybridized carbons (Fsp3) is 0.174. The molecule has 0 spiro atoms. The van der Waals surface area contributed by atoms with Gasteiger partial charge in [-0.2, -0.15) is 13.2 Å². The van der Waals surface area contributed by atoms with Crippen molar-refractivity contribution in [3.8, 4) is 5.75 Å². The Morgan fingerprint density at radius 1 is 1.09 bits per heavy atom. The van der Waals surface area contributed by atoms with Crippen molar-refractivity contribution in [2.45, 2.75) is 26.9 Å². The molecule has 166 valence electrons. The number of benzene rings is 2. The van der Waals surface area contributed by atoms with Crippen molar-refractivity contribution in [1.29, 1.82) is 0 Å². The Kier molecular flexibility index (Phi) is 6.78. The average Bonchev–Trinajstić information content (AvgIpc) is 3.17. The first-order valence-corrected chi connectivity index (χ1v) is 10.3. The van der Waals surface area contributed by atoms with Gasteiger partial charge >= 0.3 is 12.1 Å². The van der Waals surface area contributed by atoms with Crippen LogP contribution in [0.15, 0.2) is 53.9 Å². The summed E-state index contributed by atoms with van der Waals surface area (Å²) in [4.78, 5) is 29.7. The summed E-state index contributed by atoms with van der Waals surface area (Å²) < 4.78 is 44.5. The smallest absolute Gasteiger partial charge is 0.416 e. The van der Waals surface area contributed by atoms with Crippen molar-refractivity contribution in [3.05, 3.63) is 76.3 Å². The van der Waals surface area contributed by atoms with Crippen LogP contribution >= 0.6 is 11.3 Å². The number of anilines is 2. The Morgan fingerprint density at radius 2 is 1.75 bits per heavy atom. The monoisotopic (exact) mass is 460 g/mol. The molecule has 0 N–H and O–H groups in total. The van der Waals surface area contributed by atoms with Crippen LogP contribution in [-0.4, -0.2) is 16.9 Å². The minimum absolute atomic E-state index is 0.0478. The van der Waals surface area contributed by atoms with E-state index in [2.05, 4.69) is 4.98 Å². The average molecular weight is 460 g/mol. The number of carbonyl (C=O) groups is 2. The molecule has 1 heterocycles. The molecule has 0 saturated carbocycles. The number of hydrogen-bond donors (Lipinski definition) is 0. The third-order valence-electron chi connectivity index (χ3n) is 4.45. The molecule has 1 amide bonds. The molecular formula is C23H19F3N2O3S. The number of carbonyl (C=O) groups excluding carboxylic acids is 2. The van der Waals surface area contributed by atoms with Crippen molar-refractivity contribution in [2.24, 2.45) is 0 Å². The Bertz CT molecular complexity index is 1160. The van der Waals surface area contributed by atoms with E-state index in [1.807, 2.05) is 32.0 Å². The Morgan fingerprint density at radius 3 is 2.38 bits per heavy atom. The lowest BCUT2D eigenvalue weighted by atomic mass is 10.1. The predicted octanol–water partition coefficient (Wildman–Crippen LogP) is 6.08. The van der Waals surface area contributed by atoms with Gasteiger partial charge in [-0.15, -0.1) is 11.3 Å². The zero-order chi connectivity index (χ0) is 23.5. The van der Waals surface area contributed by atoms with Gasteiger partial charge in [0.15, 0.2) is 5.13 Å². The van der Waals surface area contributed by atoms with E-state index in [0.717, 1.165) is 39.5 Å². The van der Waals surface area contributed by atoms with Crippen LogP contribution in [0.5, 0.6) is 5.75 Å². The third-order valence-corrected chi connectivity index (χ3v) is 5.29. The number of thiazole rings is 1. The van der Waals surface area contributed by atoms with Gasteiger partial charge in [-0.1, -0.05) is 24.3 Å². The fourth-order valence-electron chi connectivity index (χ4n) is 2.95. The second kappa shape index (κ2) is 9.35. The number of hydrogen-bond acceptors (Lipinski definition) is 5. The second-order valence-electron chi connectivity index (χ2n) is 6.93. The standard InChI is InChI=1S/C23H19F3N2O3S/c1-14-6-4-7-15(2)21(14)31-20(30)11-10-18-13-32-22(27-18)28(16(3)29)19-9-5-8-17(12-19)23(24,25)26/h4-13H,1-3H3/b11-10+. The van der Waals surface area contributed by atoms with Crippen LogP contribution in [0.1, 0.15) is 29.3 Å². The molecule has 1 aromatic heterocycles. The van der Waals surface area contributed by atoms with Crippen LogP contribution in [0.25, 0.3) is 6.08 Å². The highest BCUT2D eigenvalue weighted by atomic mass is 32.1. The highest BCUT2D eigenvalue weighted by Crippen LogP contribution is 2.35. The number of aryl methyl sites for hydroxylation is 2. The molecule has 3 rings (SSSR count). The maximum atomic E-state index is 13.1. The molecule has 9 heteroatoms. The van der Waals surface area contributed by atoms with Crippen molar-refractivity contribution >= 4 is 40.1 Å². The Balaban J connectivity index is 1.80. The number of para-hydroxylation sites is 1. The Hall–Kier alpha value is -3.46. The highest BCUT2D eigenvalue weighted by Gasteiger charge is 2.31. The van der Waals surface area contributed by atoms with Crippen LogP contribution in [-0.2, 0) is 15.8 Å². The van der Waals surface area contributed by atoms with E-state index in [0.29, 0.717) is 11.4 Å². The van der Waals surface area contributed by atoms with Gasteiger partial charge in [0, 0.05) is 18.4 Å². The highest BCUT2D eigenvalue weighted by molar-refractivity contribution is 7.14. The molecule has 0 bridgehead atoms. The molecule has 0 radical (unpaired) electrons. The van der Waals surface area contributed by atoms with Gasteiger partial charge in [0.1, 0.15) is 5.75 Å². The van der Waals surface area contributed by atoms with Crippen LogP contribution < -0.4 is 9.64 Å². The molecule has 0 fully saturated rings. The van der Waals surface area contributed by atoms with Crippen molar-refractivity contribution in [3.63, 3.8) is 0 Å². The summed E-state index contributed by atoms with van der Waals surface area (Å²) in [6, 6.07) is 9.97. The van der Waals surface area contributed by atoms with Crippen molar-refractivity contribution in [1.82, 2.24) is 4.98 Å². The normalized spacial score (nSPS) is 11.6. The number of alkyl halides is 3. The van der Waals surface area contributed by atoms with E-state index in [1.165, 1.54) is 31.2 Å². The predicted molar refractivity (Wildman–Crippen MR) is 117 cm³/mol. The largest absolute Gasteiger partial charge is 0.423 e. The van der Waals surface area contributed by atoms with Crippen LogP contribution in [0.2, 0.25) is 0 Å². The lowest BCUT2D eigenvalue weighted by molar-refractivity contribution is -0.137. The van der Waals surface area contributed by atoms with Gasteiger partial charge in [0.25, 0.3) is 0 Å². The molecule has 0 aliphatic heterocycles. The molecule has 0 aliphatic carbocycles. The minimum Gasteiger partial charge on any atom is -0.423 e. The maximum Gasteiger partial charge on any atom is 0.416 e. The minimum atomic E-state index is -4.54. The zero-order valence-corrected chi connectivity index (χ0v) is 18.3. The van der Waals surface area contributed by atoms with Crippen LogP contribution in [0.3, 0.4) is 0 Å². The molecule has 2 aromatic carbocycles. The molecule has 0 atom stereocenters. The number of ether oxygens (including phenoxy) is 1. The number of halogens is 3. The molecule has 5 nitrogen and oxygen atoms in total. The second-order valence-corrected chi connectivity index (χ2v) is 7.77. The lowest BCUT2D eigenvalue weighted by Gasteiger charge is -2.19. The Labute approximate surface area is 186 Å². The van der Waals surface area contributed by atoms with Crippen molar-refractivity contribution < 1.29 is 27.5 Å². The molecular weight excluding hydrogens is 441 g/mol. The van der Waals surface area contributed by atoms with Gasteiger partial charge in [-0.25, -0.2) is 9.78 Å². The van der Waals surface area contributed by atoms with Gasteiger partial charge < -0.3 is 4.74 Å². The van der Waals surface area contributed by atoms with E-state index >= 15 is 0 Å². The summed E-state index contributed by atoms with van der Waals surface area (Å²) in [6.45, 7) is 4.89. The topological polar surface area (TPSA) is 59.5 Å². The third kappa shape index (κ3) is 5.42. The first-order valence-electron chi connectivity index (χ1n) is 9.46. The number of rotatable bonds is 5. The van der Waals surface area contributed by atoms with Crippen LogP contribution in [0, 0.1) is 13.8 Å². The molecule has 0 aliphatic rings. The molecule has 0 saturated heterocycles. The van der Waals surface area contributed by atoms with E-state index in [1.54, 1.807) is 5.38 Å². The van der Waals surface area contributed by atoms with Crippen LogP contribution in [0.4, 0.5) is 24.0 Å². The summed E-state index contributed by atoms with van der Waals surface area (Å²) in [7, 11) is 0.